The molecule has 12 rings (SSSR count). The summed E-state index contributed by atoms with van der Waals surface area (Å²) in [7, 11) is 0. The lowest BCUT2D eigenvalue weighted by Gasteiger charge is -2.39. The fraction of sp³-hybridized carbons (Fsp3) is 0.250. The van der Waals surface area contributed by atoms with E-state index in [1.807, 2.05) is 0 Å². The SMILES string of the molecule is CCC1(CC)c2ccccc2-c2ccc(N(c3ccccc3)c3ccc4c(c3)c3cc(N(c5ccccc5)c5ccc6c(c5)C(CC)(CC)C5CCCCC65)ccc3n4-c3ccccc3)cc21. The molecule has 3 heteroatoms. The number of nitrogens with zero attached hydrogens (tertiary/aromatic N) is 3. The van der Waals surface area contributed by atoms with Gasteiger partial charge in [-0.15, -0.1) is 0 Å². The quantitative estimate of drug-likeness (QED) is 0.128. The maximum absolute atomic E-state index is 2.60. The average Bonchev–Trinajstić information content (AvgIpc) is 3.98. The number of fused-ring (bicyclic) bond motifs is 9. The molecule has 0 radical (unpaired) electrons. The highest BCUT2D eigenvalue weighted by Crippen LogP contribution is 2.60. The zero-order valence-electron chi connectivity index (χ0n) is 39.6. The predicted molar refractivity (Wildman–Crippen MR) is 284 cm³/mol. The molecular formula is C64H61N3. The second-order valence-corrected chi connectivity index (χ2v) is 19.6. The first-order valence-electron chi connectivity index (χ1n) is 25.2. The van der Waals surface area contributed by atoms with Crippen molar-refractivity contribution in [2.45, 2.75) is 95.8 Å². The molecule has 332 valence electrons. The smallest absolute Gasteiger partial charge is 0.0542 e. The summed E-state index contributed by atoms with van der Waals surface area (Å²) in [4.78, 5) is 4.99. The molecule has 1 fully saturated rings. The second-order valence-electron chi connectivity index (χ2n) is 19.6. The van der Waals surface area contributed by atoms with Crippen LogP contribution in [0.4, 0.5) is 34.1 Å². The van der Waals surface area contributed by atoms with Crippen LogP contribution in [0.15, 0.2) is 188 Å². The lowest BCUT2D eigenvalue weighted by Crippen LogP contribution is -2.33. The normalized spacial score (nSPS) is 17.5. The molecule has 1 aromatic heterocycles. The highest BCUT2D eigenvalue weighted by atomic mass is 15.2. The Kier molecular flexibility index (Phi) is 10.2. The fourth-order valence-electron chi connectivity index (χ4n) is 13.7. The molecule has 0 spiro atoms. The summed E-state index contributed by atoms with van der Waals surface area (Å²) in [5.74, 6) is 1.42. The molecule has 1 saturated carbocycles. The topological polar surface area (TPSA) is 11.4 Å². The van der Waals surface area contributed by atoms with Crippen molar-refractivity contribution in [1.29, 1.82) is 0 Å². The van der Waals surface area contributed by atoms with Crippen molar-refractivity contribution < 1.29 is 0 Å². The van der Waals surface area contributed by atoms with Gasteiger partial charge in [-0.05, 0) is 186 Å². The fourth-order valence-corrected chi connectivity index (χ4v) is 13.7. The molecule has 0 N–H and O–H groups in total. The van der Waals surface area contributed by atoms with E-state index < -0.39 is 0 Å². The minimum atomic E-state index is -0.0238. The zero-order valence-corrected chi connectivity index (χ0v) is 39.6. The number of rotatable bonds is 11. The van der Waals surface area contributed by atoms with Gasteiger partial charge in [0.15, 0.2) is 0 Å². The molecule has 9 aromatic rings. The molecule has 8 aromatic carbocycles. The molecular weight excluding hydrogens is 811 g/mol. The predicted octanol–water partition coefficient (Wildman–Crippen LogP) is 18.2. The van der Waals surface area contributed by atoms with E-state index in [0.717, 1.165) is 35.8 Å². The zero-order chi connectivity index (χ0) is 45.3. The largest absolute Gasteiger partial charge is 0.310 e. The lowest BCUT2D eigenvalue weighted by atomic mass is 9.65. The van der Waals surface area contributed by atoms with Crippen molar-refractivity contribution in [3.05, 3.63) is 210 Å². The highest BCUT2D eigenvalue weighted by Gasteiger charge is 2.50. The number of benzene rings is 8. The Labute approximate surface area is 397 Å². The van der Waals surface area contributed by atoms with E-state index in [2.05, 4.69) is 230 Å². The van der Waals surface area contributed by atoms with E-state index in [0.29, 0.717) is 5.92 Å². The Morgan fingerprint density at radius 2 is 0.925 bits per heavy atom. The van der Waals surface area contributed by atoms with Gasteiger partial charge in [0, 0.05) is 56.0 Å². The van der Waals surface area contributed by atoms with Gasteiger partial charge >= 0.3 is 0 Å². The van der Waals surface area contributed by atoms with Crippen LogP contribution in [0.5, 0.6) is 0 Å². The first-order valence-corrected chi connectivity index (χ1v) is 25.2. The van der Waals surface area contributed by atoms with Crippen molar-refractivity contribution in [2.75, 3.05) is 9.80 Å². The Bertz CT molecular complexity index is 3260. The Hall–Kier alpha value is -6.84. The molecule has 3 nitrogen and oxygen atoms in total. The van der Waals surface area contributed by atoms with Crippen molar-refractivity contribution in [1.82, 2.24) is 4.57 Å². The second kappa shape index (κ2) is 16.5. The summed E-state index contributed by atoms with van der Waals surface area (Å²) in [5, 5.41) is 2.46. The van der Waals surface area contributed by atoms with Crippen LogP contribution in [0.1, 0.15) is 107 Å². The van der Waals surface area contributed by atoms with Crippen LogP contribution < -0.4 is 9.80 Å². The number of hydrogen-bond donors (Lipinski definition) is 0. The first kappa shape index (κ1) is 41.6. The molecule has 67 heavy (non-hydrogen) atoms. The lowest BCUT2D eigenvalue weighted by molar-refractivity contribution is 0.189. The third kappa shape index (κ3) is 6.30. The minimum Gasteiger partial charge on any atom is -0.310 e. The molecule has 0 bridgehead atoms. The summed E-state index contributed by atoms with van der Waals surface area (Å²) in [5.41, 5.74) is 19.6. The number of hydrogen-bond acceptors (Lipinski definition) is 2. The summed E-state index contributed by atoms with van der Waals surface area (Å²) < 4.78 is 2.45. The van der Waals surface area contributed by atoms with E-state index in [1.54, 1.807) is 11.1 Å². The summed E-state index contributed by atoms with van der Waals surface area (Å²) in [6, 6.07) is 71.0. The van der Waals surface area contributed by atoms with E-state index in [-0.39, 0.29) is 10.8 Å². The first-order chi connectivity index (χ1) is 33.0. The summed E-state index contributed by atoms with van der Waals surface area (Å²) >= 11 is 0. The van der Waals surface area contributed by atoms with Crippen LogP contribution in [0, 0.1) is 5.92 Å². The van der Waals surface area contributed by atoms with Gasteiger partial charge in [0.2, 0.25) is 0 Å². The number of para-hydroxylation sites is 3. The van der Waals surface area contributed by atoms with Gasteiger partial charge in [-0.2, -0.15) is 0 Å². The van der Waals surface area contributed by atoms with E-state index in [9.17, 15) is 0 Å². The molecule has 3 aliphatic rings. The standard InChI is InChI=1S/C64H61N3/c1-5-63(6-2)57-30-20-18-28-51(57)53-36-32-49(42-59(53)63)65(44-22-12-9-13-23-44)47-34-38-61-55(40-47)56-41-48(35-39-62(56)67(61)46-26-16-11-17-27-46)66(45-24-14-10-15-25-45)50-33-37-54-52-29-19-21-31-58(52)64(7-3,8-4)60(54)43-50/h9-18,20,22-28,30,32-43,52,58H,5-8,19,21,29,31H2,1-4H3. The minimum absolute atomic E-state index is 0.0238. The highest BCUT2D eigenvalue weighted by molar-refractivity contribution is 6.12. The van der Waals surface area contributed by atoms with Crippen LogP contribution in [0.3, 0.4) is 0 Å². The van der Waals surface area contributed by atoms with Crippen molar-refractivity contribution in [2.24, 2.45) is 5.92 Å². The number of anilines is 6. The molecule has 1 heterocycles. The van der Waals surface area contributed by atoms with Gasteiger partial charge in [0.1, 0.15) is 0 Å². The molecule has 3 aliphatic carbocycles. The molecule has 2 atom stereocenters. The number of aromatic nitrogens is 1. The van der Waals surface area contributed by atoms with Crippen LogP contribution in [0.2, 0.25) is 0 Å². The Morgan fingerprint density at radius 1 is 0.433 bits per heavy atom. The monoisotopic (exact) mass is 871 g/mol. The molecule has 0 amide bonds. The molecule has 0 saturated heterocycles. The third-order valence-electron chi connectivity index (χ3n) is 17.0. The van der Waals surface area contributed by atoms with Gasteiger partial charge in [0.05, 0.1) is 11.0 Å². The van der Waals surface area contributed by atoms with Crippen molar-refractivity contribution in [3.63, 3.8) is 0 Å². The Balaban J connectivity index is 1.06. The van der Waals surface area contributed by atoms with Gasteiger partial charge in [-0.1, -0.05) is 132 Å². The van der Waals surface area contributed by atoms with Crippen LogP contribution >= 0.6 is 0 Å². The third-order valence-corrected chi connectivity index (χ3v) is 17.0. The maximum atomic E-state index is 2.60. The van der Waals surface area contributed by atoms with Crippen LogP contribution in [-0.4, -0.2) is 4.57 Å². The van der Waals surface area contributed by atoms with E-state index in [1.165, 1.54) is 105 Å². The van der Waals surface area contributed by atoms with E-state index in [4.69, 9.17) is 0 Å². The van der Waals surface area contributed by atoms with Gasteiger partial charge in [-0.3, -0.25) is 0 Å². The van der Waals surface area contributed by atoms with Gasteiger partial charge in [0.25, 0.3) is 0 Å². The summed E-state index contributed by atoms with van der Waals surface area (Å²) in [6.07, 6.45) is 9.88. The van der Waals surface area contributed by atoms with Crippen molar-refractivity contribution >= 4 is 55.9 Å². The van der Waals surface area contributed by atoms with Crippen molar-refractivity contribution in [3.8, 4) is 16.8 Å². The Morgan fingerprint density at radius 3 is 1.52 bits per heavy atom. The summed E-state index contributed by atoms with van der Waals surface area (Å²) in [6.45, 7) is 9.62. The van der Waals surface area contributed by atoms with Crippen LogP contribution in [0.25, 0.3) is 38.6 Å². The van der Waals surface area contributed by atoms with Crippen LogP contribution in [-0.2, 0) is 10.8 Å². The average molecular weight is 872 g/mol. The van der Waals surface area contributed by atoms with Gasteiger partial charge < -0.3 is 14.4 Å². The maximum Gasteiger partial charge on any atom is 0.0542 e. The molecule has 2 unspecified atom stereocenters. The van der Waals surface area contributed by atoms with E-state index >= 15 is 0 Å². The molecule has 0 aliphatic heterocycles. The van der Waals surface area contributed by atoms with Gasteiger partial charge in [-0.25, -0.2) is 0 Å².